The molecule has 0 radical (unpaired) electrons. The van der Waals surface area contributed by atoms with Crippen LogP contribution in [0.2, 0.25) is 0 Å². The molecule has 0 aromatic heterocycles. The topological polar surface area (TPSA) is 49.4 Å². The molecule has 1 unspecified atom stereocenters. The maximum Gasteiger partial charge on any atom is 0.251 e. The van der Waals surface area contributed by atoms with E-state index >= 15 is 0 Å². The zero-order chi connectivity index (χ0) is 22.5. The number of ketones is 1. The molecule has 2 aromatic rings. The number of amides is 1. The lowest BCUT2D eigenvalue weighted by Gasteiger charge is -2.35. The van der Waals surface area contributed by atoms with Crippen molar-refractivity contribution < 1.29 is 22.8 Å². The fraction of sp³-hybridized carbons (Fsp3) is 0.417. The highest BCUT2D eigenvalue weighted by Crippen LogP contribution is 2.23. The summed E-state index contributed by atoms with van der Waals surface area (Å²) in [6, 6.07) is 8.56. The number of carbonyl (C=O) groups excluding carboxylic acids is 2. The average Bonchev–Trinajstić information content (AvgIpc) is 2.75. The van der Waals surface area contributed by atoms with E-state index in [4.69, 9.17) is 0 Å². The molecule has 31 heavy (non-hydrogen) atoms. The first-order valence-corrected chi connectivity index (χ1v) is 10.5. The Morgan fingerprint density at radius 1 is 0.968 bits per heavy atom. The minimum Gasteiger partial charge on any atom is -0.348 e. The van der Waals surface area contributed by atoms with Crippen molar-refractivity contribution >= 4 is 11.7 Å². The first-order valence-electron chi connectivity index (χ1n) is 10.5. The molecular weight excluding hydrogens is 405 g/mol. The van der Waals surface area contributed by atoms with Crippen LogP contribution in [0.25, 0.3) is 0 Å². The molecule has 1 amide bonds. The zero-order valence-electron chi connectivity index (χ0n) is 17.7. The van der Waals surface area contributed by atoms with Gasteiger partial charge >= 0.3 is 0 Å². The third-order valence-corrected chi connectivity index (χ3v) is 5.85. The Morgan fingerprint density at radius 3 is 2.16 bits per heavy atom. The van der Waals surface area contributed by atoms with Gasteiger partial charge in [0.05, 0.1) is 0 Å². The standard InChI is InChI=1S/C24H27F3N2O2/c1-15(2)22(28-24(31)18-5-8-20(26)21(27)13-18)14-29-11-9-17(10-12-29)23(30)16-3-6-19(25)7-4-16/h3-8,13,15,17,22H,9-12,14H2,1-2H3,(H,28,31). The number of nitrogens with zero attached hydrogens (tertiary/aromatic N) is 1. The van der Waals surface area contributed by atoms with Gasteiger partial charge in [-0.15, -0.1) is 0 Å². The van der Waals surface area contributed by atoms with E-state index in [0.29, 0.717) is 38.0 Å². The van der Waals surface area contributed by atoms with Crippen LogP contribution in [0.1, 0.15) is 47.4 Å². The van der Waals surface area contributed by atoms with Gasteiger partial charge in [-0.05, 0) is 74.3 Å². The molecule has 1 aliphatic heterocycles. The van der Waals surface area contributed by atoms with E-state index < -0.39 is 17.5 Å². The Balaban J connectivity index is 1.55. The predicted octanol–water partition coefficient (Wildman–Crippen LogP) is 4.45. The number of hydrogen-bond acceptors (Lipinski definition) is 3. The predicted molar refractivity (Wildman–Crippen MR) is 112 cm³/mol. The largest absolute Gasteiger partial charge is 0.348 e. The van der Waals surface area contributed by atoms with Crippen LogP contribution < -0.4 is 5.32 Å². The molecule has 1 heterocycles. The van der Waals surface area contributed by atoms with Crippen molar-refractivity contribution in [1.29, 1.82) is 0 Å². The number of Topliss-reactive ketones (excluding diaryl/α,β-unsaturated/α-hetero) is 1. The van der Waals surface area contributed by atoms with Gasteiger partial charge < -0.3 is 10.2 Å². The maximum atomic E-state index is 13.4. The third kappa shape index (κ3) is 5.94. The normalized spacial score (nSPS) is 16.3. The minimum atomic E-state index is -1.05. The lowest BCUT2D eigenvalue weighted by Crippen LogP contribution is -2.49. The molecule has 1 fully saturated rings. The molecule has 4 nitrogen and oxygen atoms in total. The van der Waals surface area contributed by atoms with Crippen molar-refractivity contribution in [2.75, 3.05) is 19.6 Å². The van der Waals surface area contributed by atoms with Crippen molar-refractivity contribution in [1.82, 2.24) is 10.2 Å². The van der Waals surface area contributed by atoms with E-state index in [1.165, 1.54) is 30.3 Å². The maximum absolute atomic E-state index is 13.4. The van der Waals surface area contributed by atoms with Crippen LogP contribution in [-0.2, 0) is 0 Å². The Kier molecular flexibility index (Phi) is 7.49. The smallest absolute Gasteiger partial charge is 0.251 e. The van der Waals surface area contributed by atoms with Crippen molar-refractivity contribution in [3.05, 3.63) is 71.0 Å². The lowest BCUT2D eigenvalue weighted by atomic mass is 9.88. The van der Waals surface area contributed by atoms with Gasteiger partial charge in [-0.2, -0.15) is 0 Å². The van der Waals surface area contributed by atoms with Crippen LogP contribution in [0.3, 0.4) is 0 Å². The number of nitrogens with one attached hydrogen (secondary N) is 1. The van der Waals surface area contributed by atoms with Crippen molar-refractivity contribution in [3.63, 3.8) is 0 Å². The molecule has 166 valence electrons. The van der Waals surface area contributed by atoms with E-state index in [1.54, 1.807) is 0 Å². The summed E-state index contributed by atoms with van der Waals surface area (Å²) < 4.78 is 39.6. The second-order valence-electron chi connectivity index (χ2n) is 8.40. The van der Waals surface area contributed by atoms with Gasteiger partial charge in [0.25, 0.3) is 5.91 Å². The Hall–Kier alpha value is -2.67. The molecular formula is C24H27F3N2O2. The number of piperidine rings is 1. The van der Waals surface area contributed by atoms with E-state index in [9.17, 15) is 22.8 Å². The SMILES string of the molecule is CC(C)C(CN1CCC(C(=O)c2ccc(F)cc2)CC1)NC(=O)c1ccc(F)c(F)c1. The van der Waals surface area contributed by atoms with Crippen molar-refractivity contribution in [3.8, 4) is 0 Å². The number of benzene rings is 2. The molecule has 7 heteroatoms. The second-order valence-corrected chi connectivity index (χ2v) is 8.40. The van der Waals surface area contributed by atoms with E-state index in [2.05, 4.69) is 10.2 Å². The first kappa shape index (κ1) is 23.0. The van der Waals surface area contributed by atoms with Gasteiger partial charge in [-0.1, -0.05) is 13.8 Å². The number of likely N-dealkylation sites (tertiary alicyclic amines) is 1. The number of carbonyl (C=O) groups is 2. The summed E-state index contributed by atoms with van der Waals surface area (Å²) >= 11 is 0. The van der Waals surface area contributed by atoms with E-state index in [1.807, 2.05) is 13.8 Å². The molecule has 2 aromatic carbocycles. The summed E-state index contributed by atoms with van der Waals surface area (Å²) in [4.78, 5) is 27.3. The van der Waals surface area contributed by atoms with E-state index in [0.717, 1.165) is 12.1 Å². The summed E-state index contributed by atoms with van der Waals surface area (Å²) in [6.07, 6.45) is 1.39. The highest BCUT2D eigenvalue weighted by Gasteiger charge is 2.28. The first-order chi connectivity index (χ1) is 14.7. The summed E-state index contributed by atoms with van der Waals surface area (Å²) in [5, 5.41) is 2.92. The zero-order valence-corrected chi connectivity index (χ0v) is 17.7. The Labute approximate surface area is 180 Å². The molecule has 0 bridgehead atoms. The molecule has 0 saturated carbocycles. The van der Waals surface area contributed by atoms with Gasteiger partial charge in [-0.3, -0.25) is 9.59 Å². The molecule has 0 spiro atoms. The fourth-order valence-corrected chi connectivity index (χ4v) is 3.82. The molecule has 1 saturated heterocycles. The van der Waals surface area contributed by atoms with Crippen molar-refractivity contribution in [2.45, 2.75) is 32.7 Å². The molecule has 1 atom stereocenters. The van der Waals surface area contributed by atoms with Crippen LogP contribution in [0.4, 0.5) is 13.2 Å². The van der Waals surface area contributed by atoms with E-state index in [-0.39, 0.29) is 35.0 Å². The van der Waals surface area contributed by atoms with Crippen LogP contribution in [0, 0.1) is 29.3 Å². The molecule has 1 N–H and O–H groups in total. The molecule has 0 aliphatic carbocycles. The van der Waals surface area contributed by atoms with Gasteiger partial charge in [0, 0.05) is 29.6 Å². The quantitative estimate of drug-likeness (QED) is 0.658. The Morgan fingerprint density at radius 2 is 1.58 bits per heavy atom. The van der Waals surface area contributed by atoms with Crippen LogP contribution >= 0.6 is 0 Å². The van der Waals surface area contributed by atoms with Crippen LogP contribution in [-0.4, -0.2) is 42.3 Å². The minimum absolute atomic E-state index is 0.0340. The Bertz CT molecular complexity index is 923. The fourth-order valence-electron chi connectivity index (χ4n) is 3.82. The third-order valence-electron chi connectivity index (χ3n) is 5.85. The van der Waals surface area contributed by atoms with Gasteiger partial charge in [-0.25, -0.2) is 13.2 Å². The van der Waals surface area contributed by atoms with Crippen molar-refractivity contribution in [2.24, 2.45) is 11.8 Å². The summed E-state index contributed by atoms with van der Waals surface area (Å²) in [6.45, 7) is 6.00. The summed E-state index contributed by atoms with van der Waals surface area (Å²) in [7, 11) is 0. The number of halogens is 3. The lowest BCUT2D eigenvalue weighted by molar-refractivity contribution is 0.0811. The van der Waals surface area contributed by atoms with Crippen LogP contribution in [0.5, 0.6) is 0 Å². The van der Waals surface area contributed by atoms with Gasteiger partial charge in [0.15, 0.2) is 17.4 Å². The monoisotopic (exact) mass is 432 g/mol. The summed E-state index contributed by atoms with van der Waals surface area (Å²) in [5.74, 6) is -2.79. The average molecular weight is 432 g/mol. The van der Waals surface area contributed by atoms with Crippen LogP contribution in [0.15, 0.2) is 42.5 Å². The highest BCUT2D eigenvalue weighted by molar-refractivity contribution is 5.97. The molecule has 1 aliphatic rings. The highest BCUT2D eigenvalue weighted by atomic mass is 19.2. The summed E-state index contributed by atoms with van der Waals surface area (Å²) in [5.41, 5.74) is 0.604. The second kappa shape index (κ2) is 10.1. The number of rotatable bonds is 7. The van der Waals surface area contributed by atoms with Gasteiger partial charge in [0.2, 0.25) is 0 Å². The number of hydrogen-bond donors (Lipinski definition) is 1. The molecule has 3 rings (SSSR count). The van der Waals surface area contributed by atoms with Gasteiger partial charge in [0.1, 0.15) is 5.82 Å².